The smallest absolute Gasteiger partial charge is 0.459 e. The summed E-state index contributed by atoms with van der Waals surface area (Å²) < 4.78 is 62.5. The summed E-state index contributed by atoms with van der Waals surface area (Å²) in [5, 5.41) is 26.2. The minimum Gasteiger partial charge on any atom is -0.461 e. The van der Waals surface area contributed by atoms with Crippen molar-refractivity contribution in [3.05, 3.63) is 35.1 Å². The molecule has 0 amide bonds. The first-order valence-electron chi connectivity index (χ1n) is 14.4. The molecule has 1 aliphatic heterocycles. The number of fused-ring (bicyclic) bond motifs is 1. The molecule has 1 saturated heterocycles. The zero-order valence-electron chi connectivity index (χ0n) is 25.8. The Labute approximate surface area is 278 Å². The van der Waals surface area contributed by atoms with Crippen molar-refractivity contribution in [3.63, 3.8) is 0 Å². The topological polar surface area (TPSA) is 243 Å². The van der Waals surface area contributed by atoms with Gasteiger partial charge >= 0.3 is 13.7 Å². The van der Waals surface area contributed by atoms with Gasteiger partial charge in [-0.25, -0.2) is 18.0 Å². The molecule has 0 bridgehead atoms. The van der Waals surface area contributed by atoms with E-state index < -0.39 is 60.4 Å². The van der Waals surface area contributed by atoms with E-state index >= 15 is 0 Å². The van der Waals surface area contributed by atoms with Crippen molar-refractivity contribution in [2.24, 2.45) is 0 Å². The largest absolute Gasteiger partial charge is 0.461 e. The van der Waals surface area contributed by atoms with Gasteiger partial charge in [0, 0.05) is 11.5 Å². The Morgan fingerprint density at radius 2 is 2.00 bits per heavy atom. The lowest BCUT2D eigenvalue weighted by atomic mass is 9.96. The number of hydrogen-bond donors (Lipinski definition) is 5. The van der Waals surface area contributed by atoms with Crippen molar-refractivity contribution < 1.29 is 46.5 Å². The van der Waals surface area contributed by atoms with Gasteiger partial charge in [-0.3, -0.25) is 18.9 Å². The number of halogens is 1. The molecule has 1 aliphatic carbocycles. The Bertz CT molecular complexity index is 1770. The molecule has 1 aromatic carbocycles. The number of carbonyl (C=O) groups is 1. The molecule has 6 N–H and O–H groups in total. The molecule has 258 valence electrons. The SMILES string of the molecule is CC(NP(=O)(OCC1OC(n2cnc3c(N(C)NS(C)(=O)=O)nc(N)nc32)[C@](C)(O)[C@@H]1O)Oc1ccc(Br)cc1)C(=O)OC1CCC1. The van der Waals surface area contributed by atoms with Crippen LogP contribution in [0.2, 0.25) is 0 Å². The highest BCUT2D eigenvalue weighted by Gasteiger charge is 2.54. The number of carbonyl (C=O) groups excluding carboxylic acids is 1. The first-order valence-corrected chi connectivity index (χ1v) is 18.6. The number of esters is 1. The molecule has 18 nitrogen and oxygen atoms in total. The summed E-state index contributed by atoms with van der Waals surface area (Å²) in [7, 11) is -6.64. The number of nitrogens with one attached hydrogen (secondary N) is 2. The zero-order chi connectivity index (χ0) is 34.3. The predicted molar refractivity (Wildman–Crippen MR) is 171 cm³/mol. The number of hydrogen-bond acceptors (Lipinski definition) is 15. The lowest BCUT2D eigenvalue weighted by molar-refractivity contribution is -0.154. The fraction of sp³-hybridized carbons (Fsp3) is 0.538. The zero-order valence-corrected chi connectivity index (χ0v) is 29.1. The highest BCUT2D eigenvalue weighted by atomic mass is 79.9. The third-order valence-corrected chi connectivity index (χ3v) is 10.3. The highest BCUT2D eigenvalue weighted by Crippen LogP contribution is 2.47. The van der Waals surface area contributed by atoms with Crippen LogP contribution in [0.15, 0.2) is 35.1 Å². The molecule has 5 rings (SSSR count). The fourth-order valence-electron chi connectivity index (χ4n) is 4.93. The molecular weight excluding hydrogens is 727 g/mol. The van der Waals surface area contributed by atoms with Gasteiger partial charge in [0.2, 0.25) is 16.0 Å². The van der Waals surface area contributed by atoms with Gasteiger partial charge in [0.1, 0.15) is 35.7 Å². The number of nitrogens with two attached hydrogens (primary N) is 1. The Morgan fingerprint density at radius 3 is 2.62 bits per heavy atom. The standard InChI is InChI=1S/C26H36BrN8O10PS/c1-14(23(37)43-16-6-5-7-16)32-46(39,45-17-10-8-15(27)9-11-17)42-12-18-20(36)26(2,38)24(44-18)35-13-29-19-21(30-25(28)31-22(19)35)34(3)33-47(4,40)41/h8-11,13-14,16,18,20,24,33,36,38H,5-7,12H2,1-4H3,(H,32,39)(H2,28,30,31)/t14?,18?,20-,24?,26-,46?/m1/s1. The summed E-state index contributed by atoms with van der Waals surface area (Å²) in [6.07, 6.45) is 0.260. The summed E-state index contributed by atoms with van der Waals surface area (Å²) in [6, 6.07) is 5.30. The molecule has 21 heteroatoms. The van der Waals surface area contributed by atoms with Gasteiger partial charge in [-0.2, -0.15) is 15.1 Å². The van der Waals surface area contributed by atoms with Crippen LogP contribution in [0.1, 0.15) is 39.3 Å². The first kappa shape index (κ1) is 35.4. The van der Waals surface area contributed by atoms with Crippen LogP contribution in [0.4, 0.5) is 11.8 Å². The van der Waals surface area contributed by atoms with Gasteiger partial charge < -0.3 is 29.9 Å². The molecule has 3 aromatic rings. The van der Waals surface area contributed by atoms with Crippen molar-refractivity contribution in [1.82, 2.24) is 29.4 Å². The molecule has 47 heavy (non-hydrogen) atoms. The molecule has 0 radical (unpaired) electrons. The number of aliphatic hydroxyl groups excluding tert-OH is 1. The molecule has 6 atom stereocenters. The van der Waals surface area contributed by atoms with Gasteiger partial charge in [0.25, 0.3) is 0 Å². The van der Waals surface area contributed by atoms with Crippen molar-refractivity contribution in [2.45, 2.75) is 69.3 Å². The van der Waals surface area contributed by atoms with Crippen LogP contribution in [0.3, 0.4) is 0 Å². The Morgan fingerprint density at radius 1 is 1.32 bits per heavy atom. The maximum Gasteiger partial charge on any atom is 0.459 e. The van der Waals surface area contributed by atoms with Crippen LogP contribution >= 0.6 is 23.7 Å². The molecule has 4 unspecified atom stereocenters. The maximum atomic E-state index is 14.0. The van der Waals surface area contributed by atoms with Gasteiger partial charge in [0.15, 0.2) is 23.2 Å². The molecule has 2 fully saturated rings. The van der Waals surface area contributed by atoms with Crippen LogP contribution < -0.4 is 25.2 Å². The summed E-state index contributed by atoms with van der Waals surface area (Å²) in [5.74, 6) is -0.703. The van der Waals surface area contributed by atoms with E-state index in [0.717, 1.165) is 35.0 Å². The maximum absolute atomic E-state index is 14.0. The van der Waals surface area contributed by atoms with E-state index in [1.165, 1.54) is 43.9 Å². The van der Waals surface area contributed by atoms with E-state index in [2.05, 4.69) is 40.8 Å². The molecule has 0 spiro atoms. The van der Waals surface area contributed by atoms with Crippen molar-refractivity contribution in [2.75, 3.05) is 30.7 Å². The molecule has 2 aliphatic rings. The van der Waals surface area contributed by atoms with E-state index in [0.29, 0.717) is 0 Å². The number of hydrazine groups is 1. The Kier molecular flexibility index (Phi) is 10.2. The molecule has 1 saturated carbocycles. The van der Waals surface area contributed by atoms with E-state index in [-0.39, 0.29) is 34.8 Å². The monoisotopic (exact) mass is 762 g/mol. The lowest BCUT2D eigenvalue weighted by Crippen LogP contribution is -2.44. The van der Waals surface area contributed by atoms with Gasteiger partial charge in [0.05, 0.1) is 19.2 Å². The van der Waals surface area contributed by atoms with E-state index in [1.807, 2.05) is 0 Å². The van der Waals surface area contributed by atoms with Crippen LogP contribution in [0.25, 0.3) is 11.2 Å². The minimum atomic E-state index is -4.34. The number of benzene rings is 1. The number of aromatic nitrogens is 4. The van der Waals surface area contributed by atoms with Crippen LogP contribution in [-0.4, -0.2) is 94.0 Å². The molecule has 3 heterocycles. The second-order valence-electron chi connectivity index (χ2n) is 11.5. The van der Waals surface area contributed by atoms with Crippen molar-refractivity contribution in [1.29, 1.82) is 0 Å². The molecule has 2 aromatic heterocycles. The first-order chi connectivity index (χ1) is 22.0. The Balaban J connectivity index is 1.37. The normalized spacial score (nSPS) is 25.2. The lowest BCUT2D eigenvalue weighted by Gasteiger charge is -2.28. The third-order valence-electron chi connectivity index (χ3n) is 7.54. The van der Waals surface area contributed by atoms with Crippen molar-refractivity contribution >= 4 is 62.6 Å². The second-order valence-corrected chi connectivity index (χ2v) is 15.9. The average Bonchev–Trinajstić information content (AvgIpc) is 3.46. The summed E-state index contributed by atoms with van der Waals surface area (Å²) in [4.78, 5) is 27.5. The summed E-state index contributed by atoms with van der Waals surface area (Å²) in [5.41, 5.74) is 4.09. The highest BCUT2D eigenvalue weighted by molar-refractivity contribution is 9.10. The van der Waals surface area contributed by atoms with E-state index in [9.17, 15) is 28.0 Å². The van der Waals surface area contributed by atoms with Crippen LogP contribution in [-0.2, 0) is 33.4 Å². The number of nitrogen functional groups attached to an aromatic ring is 1. The minimum absolute atomic E-state index is 0.0109. The number of imidazole rings is 1. The van der Waals surface area contributed by atoms with Gasteiger partial charge in [-0.05, 0) is 57.4 Å². The van der Waals surface area contributed by atoms with Crippen molar-refractivity contribution in [3.8, 4) is 5.75 Å². The van der Waals surface area contributed by atoms with Crippen LogP contribution in [0.5, 0.6) is 5.75 Å². The fourth-order valence-corrected chi connectivity index (χ4v) is 7.28. The molecular formula is C26H36BrN8O10PS. The predicted octanol–water partition coefficient (Wildman–Crippen LogP) is 1.36. The number of rotatable bonds is 13. The average molecular weight is 764 g/mol. The van der Waals surface area contributed by atoms with Gasteiger partial charge in [-0.15, -0.1) is 4.83 Å². The number of ether oxygens (including phenoxy) is 2. The number of aliphatic hydroxyl groups is 2. The summed E-state index contributed by atoms with van der Waals surface area (Å²) in [6.45, 7) is 2.21. The third kappa shape index (κ3) is 8.03. The van der Waals surface area contributed by atoms with E-state index in [4.69, 9.17) is 24.3 Å². The second kappa shape index (κ2) is 13.5. The van der Waals surface area contributed by atoms with Crippen LogP contribution in [0, 0.1) is 0 Å². The summed E-state index contributed by atoms with van der Waals surface area (Å²) >= 11 is 3.32. The number of sulfonamides is 1. The number of anilines is 2. The van der Waals surface area contributed by atoms with E-state index in [1.54, 1.807) is 12.1 Å². The van der Waals surface area contributed by atoms with Gasteiger partial charge in [-0.1, -0.05) is 15.9 Å². The number of nitrogens with zero attached hydrogens (tertiary/aromatic N) is 5. The Hall–Kier alpha value is -2.94. The quantitative estimate of drug-likeness (QED) is 0.0938.